The van der Waals surface area contributed by atoms with Crippen LogP contribution in [0.1, 0.15) is 35.4 Å². The number of hydrogen-bond donors (Lipinski definition) is 1. The Morgan fingerprint density at radius 3 is 2.70 bits per heavy atom. The van der Waals surface area contributed by atoms with Gasteiger partial charge in [0.15, 0.2) is 0 Å². The van der Waals surface area contributed by atoms with Crippen LogP contribution >= 0.6 is 11.6 Å². The van der Waals surface area contributed by atoms with Crippen molar-refractivity contribution in [1.29, 1.82) is 0 Å². The van der Waals surface area contributed by atoms with Gasteiger partial charge in [0.2, 0.25) is 0 Å². The van der Waals surface area contributed by atoms with Crippen molar-refractivity contribution in [3.63, 3.8) is 0 Å². The summed E-state index contributed by atoms with van der Waals surface area (Å²) in [7, 11) is 0. The van der Waals surface area contributed by atoms with Gasteiger partial charge in [0.1, 0.15) is 5.69 Å². The molecule has 0 aliphatic heterocycles. The molecule has 23 heavy (non-hydrogen) atoms. The first-order valence-corrected chi connectivity index (χ1v) is 7.82. The zero-order chi connectivity index (χ0) is 16.2. The molecule has 2 aromatic heterocycles. The molecule has 5 heteroatoms. The fraction of sp³-hybridized carbons (Fsp3) is 0.167. The fourth-order valence-corrected chi connectivity index (χ4v) is 2.57. The molecular weight excluding hydrogens is 310 g/mol. The van der Waals surface area contributed by atoms with Gasteiger partial charge in [-0.05, 0) is 42.3 Å². The van der Waals surface area contributed by atoms with E-state index in [0.29, 0.717) is 10.7 Å². The van der Waals surface area contributed by atoms with Crippen LogP contribution in [0.25, 0.3) is 10.9 Å². The van der Waals surface area contributed by atoms with Gasteiger partial charge in [-0.2, -0.15) is 0 Å². The average molecular weight is 326 g/mol. The lowest BCUT2D eigenvalue weighted by Gasteiger charge is -2.17. The van der Waals surface area contributed by atoms with Crippen LogP contribution in [0.5, 0.6) is 0 Å². The van der Waals surface area contributed by atoms with Crippen LogP contribution in [-0.4, -0.2) is 15.9 Å². The SMILES string of the molecule is CCC(NC(=O)c1ccc2cnccc2n1)c1ccc(Cl)cc1. The second-order valence-corrected chi connectivity index (χ2v) is 5.69. The molecule has 1 N–H and O–H groups in total. The summed E-state index contributed by atoms with van der Waals surface area (Å²) in [5.41, 5.74) is 2.18. The van der Waals surface area contributed by atoms with E-state index >= 15 is 0 Å². The molecule has 0 spiro atoms. The normalized spacial score (nSPS) is 12.1. The molecule has 2 heterocycles. The highest BCUT2D eigenvalue weighted by atomic mass is 35.5. The quantitative estimate of drug-likeness (QED) is 0.783. The minimum absolute atomic E-state index is 0.0743. The van der Waals surface area contributed by atoms with Crippen LogP contribution in [0, 0.1) is 0 Å². The van der Waals surface area contributed by atoms with Gasteiger partial charge in [-0.15, -0.1) is 0 Å². The highest BCUT2D eigenvalue weighted by Crippen LogP contribution is 2.20. The second kappa shape index (κ2) is 6.75. The second-order valence-electron chi connectivity index (χ2n) is 5.25. The highest BCUT2D eigenvalue weighted by molar-refractivity contribution is 6.30. The Balaban J connectivity index is 1.82. The number of halogens is 1. The smallest absolute Gasteiger partial charge is 0.270 e. The number of hydrogen-bond acceptors (Lipinski definition) is 3. The number of amides is 1. The van der Waals surface area contributed by atoms with E-state index in [2.05, 4.69) is 15.3 Å². The summed E-state index contributed by atoms with van der Waals surface area (Å²) in [6.07, 6.45) is 4.18. The summed E-state index contributed by atoms with van der Waals surface area (Å²) in [4.78, 5) is 20.9. The molecule has 1 atom stereocenters. The number of aromatic nitrogens is 2. The van der Waals surface area contributed by atoms with Crippen LogP contribution in [-0.2, 0) is 0 Å². The van der Waals surface area contributed by atoms with Gasteiger partial charge >= 0.3 is 0 Å². The standard InChI is InChI=1S/C18H16ClN3O/c1-2-15(12-3-6-14(19)7-4-12)22-18(23)17-8-5-13-11-20-10-9-16(13)21-17/h3-11,15H,2H2,1H3,(H,22,23). The molecule has 0 aliphatic rings. The maximum Gasteiger partial charge on any atom is 0.270 e. The zero-order valence-electron chi connectivity index (χ0n) is 12.7. The number of rotatable bonds is 4. The third-order valence-electron chi connectivity index (χ3n) is 3.71. The number of nitrogens with zero attached hydrogens (tertiary/aromatic N) is 2. The molecule has 4 nitrogen and oxygen atoms in total. The molecule has 0 aliphatic carbocycles. The first kappa shape index (κ1) is 15.4. The number of carbonyl (C=O) groups is 1. The first-order valence-electron chi connectivity index (χ1n) is 7.44. The van der Waals surface area contributed by atoms with Crippen LogP contribution < -0.4 is 5.32 Å². The van der Waals surface area contributed by atoms with E-state index in [-0.39, 0.29) is 11.9 Å². The summed E-state index contributed by atoms with van der Waals surface area (Å²) in [5, 5.41) is 4.61. The molecule has 0 saturated carbocycles. The largest absolute Gasteiger partial charge is 0.344 e. The van der Waals surface area contributed by atoms with E-state index in [1.165, 1.54) is 0 Å². The molecule has 1 amide bonds. The van der Waals surface area contributed by atoms with Gasteiger partial charge in [0.25, 0.3) is 5.91 Å². The van der Waals surface area contributed by atoms with E-state index in [0.717, 1.165) is 22.9 Å². The third kappa shape index (κ3) is 3.48. The van der Waals surface area contributed by atoms with Crippen LogP contribution in [0.4, 0.5) is 0 Å². The summed E-state index contributed by atoms with van der Waals surface area (Å²) in [5.74, 6) is -0.189. The molecule has 0 fully saturated rings. The Bertz CT molecular complexity index is 833. The van der Waals surface area contributed by atoms with E-state index < -0.39 is 0 Å². The molecule has 116 valence electrons. The molecular formula is C18H16ClN3O. The minimum Gasteiger partial charge on any atom is -0.344 e. The number of pyridine rings is 2. The van der Waals surface area contributed by atoms with Gasteiger partial charge in [0.05, 0.1) is 11.6 Å². The topological polar surface area (TPSA) is 54.9 Å². The molecule has 1 aromatic carbocycles. The Hall–Kier alpha value is -2.46. The highest BCUT2D eigenvalue weighted by Gasteiger charge is 2.15. The lowest BCUT2D eigenvalue weighted by molar-refractivity contribution is 0.0931. The summed E-state index contributed by atoms with van der Waals surface area (Å²) >= 11 is 5.91. The van der Waals surface area contributed by atoms with Crippen molar-refractivity contribution in [2.24, 2.45) is 0 Å². The third-order valence-corrected chi connectivity index (χ3v) is 3.96. The van der Waals surface area contributed by atoms with Crippen LogP contribution in [0.15, 0.2) is 54.9 Å². The fourth-order valence-electron chi connectivity index (χ4n) is 2.44. The van der Waals surface area contributed by atoms with Gasteiger partial charge in [-0.1, -0.05) is 30.7 Å². The maximum absolute atomic E-state index is 12.5. The summed E-state index contributed by atoms with van der Waals surface area (Å²) < 4.78 is 0. The van der Waals surface area contributed by atoms with Gasteiger partial charge < -0.3 is 5.32 Å². The average Bonchev–Trinajstić information content (AvgIpc) is 2.60. The predicted molar refractivity (Wildman–Crippen MR) is 91.5 cm³/mol. The van der Waals surface area contributed by atoms with E-state index in [1.807, 2.05) is 37.3 Å². The van der Waals surface area contributed by atoms with Gasteiger partial charge in [0, 0.05) is 22.8 Å². The first-order chi connectivity index (χ1) is 11.2. The monoisotopic (exact) mass is 325 g/mol. The van der Waals surface area contributed by atoms with E-state index in [9.17, 15) is 4.79 Å². The molecule has 0 radical (unpaired) electrons. The maximum atomic E-state index is 12.5. The molecule has 1 unspecified atom stereocenters. The molecule has 3 aromatic rings. The number of benzene rings is 1. The lowest BCUT2D eigenvalue weighted by atomic mass is 10.0. The van der Waals surface area contributed by atoms with Crippen molar-refractivity contribution in [3.8, 4) is 0 Å². The van der Waals surface area contributed by atoms with Crippen LogP contribution in [0.3, 0.4) is 0 Å². The molecule has 3 rings (SSSR count). The number of fused-ring (bicyclic) bond motifs is 1. The van der Waals surface area contributed by atoms with Crippen molar-refractivity contribution in [1.82, 2.24) is 15.3 Å². The zero-order valence-corrected chi connectivity index (χ0v) is 13.4. The molecule has 0 bridgehead atoms. The van der Waals surface area contributed by atoms with Crippen molar-refractivity contribution in [3.05, 3.63) is 71.1 Å². The van der Waals surface area contributed by atoms with Crippen LogP contribution in [0.2, 0.25) is 5.02 Å². The van der Waals surface area contributed by atoms with Crippen molar-refractivity contribution >= 4 is 28.4 Å². The minimum atomic E-state index is -0.189. The molecule has 0 saturated heterocycles. The van der Waals surface area contributed by atoms with Crippen molar-refractivity contribution in [2.45, 2.75) is 19.4 Å². The predicted octanol–water partition coefficient (Wildman–Crippen LogP) is 4.16. The van der Waals surface area contributed by atoms with Gasteiger partial charge in [-0.25, -0.2) is 4.98 Å². The lowest BCUT2D eigenvalue weighted by Crippen LogP contribution is -2.28. The Labute approximate surface area is 139 Å². The Morgan fingerprint density at radius 2 is 1.96 bits per heavy atom. The Kier molecular flexibility index (Phi) is 4.53. The number of carbonyl (C=O) groups excluding carboxylic acids is 1. The summed E-state index contributed by atoms with van der Waals surface area (Å²) in [6, 6.07) is 12.8. The van der Waals surface area contributed by atoms with Crippen molar-refractivity contribution < 1.29 is 4.79 Å². The van der Waals surface area contributed by atoms with E-state index in [4.69, 9.17) is 11.6 Å². The summed E-state index contributed by atoms with van der Waals surface area (Å²) in [6.45, 7) is 2.03. The Morgan fingerprint density at radius 1 is 1.17 bits per heavy atom. The van der Waals surface area contributed by atoms with Gasteiger partial charge in [-0.3, -0.25) is 9.78 Å². The number of nitrogens with one attached hydrogen (secondary N) is 1. The van der Waals surface area contributed by atoms with E-state index in [1.54, 1.807) is 24.5 Å². The van der Waals surface area contributed by atoms with Crippen molar-refractivity contribution in [2.75, 3.05) is 0 Å².